The molecule has 0 saturated heterocycles. The summed E-state index contributed by atoms with van der Waals surface area (Å²) in [6.07, 6.45) is 3.12. The van der Waals surface area contributed by atoms with Crippen LogP contribution in [0, 0.1) is 0 Å². The summed E-state index contributed by atoms with van der Waals surface area (Å²) in [6.45, 7) is 1.99. The highest BCUT2D eigenvalue weighted by Gasteiger charge is 2.45. The van der Waals surface area contributed by atoms with Crippen molar-refractivity contribution in [2.24, 2.45) is 0 Å². The van der Waals surface area contributed by atoms with Crippen molar-refractivity contribution in [2.45, 2.75) is 12.3 Å². The summed E-state index contributed by atoms with van der Waals surface area (Å²) in [5, 5.41) is 5.97. The van der Waals surface area contributed by atoms with Crippen LogP contribution in [0.15, 0.2) is 67.0 Å². The number of aromatic nitrogens is 2. The summed E-state index contributed by atoms with van der Waals surface area (Å²) in [7, 11) is 1.77. The van der Waals surface area contributed by atoms with Crippen molar-refractivity contribution in [3.63, 3.8) is 0 Å². The highest BCUT2D eigenvalue weighted by atomic mass is 16.2. The molecule has 1 aliphatic heterocycles. The Morgan fingerprint density at radius 2 is 1.87 bits per heavy atom. The summed E-state index contributed by atoms with van der Waals surface area (Å²) < 4.78 is 0. The molecule has 1 unspecified atom stereocenters. The molecule has 148 valence electrons. The molecule has 6 heteroatoms. The smallest absolute Gasteiger partial charge is 0.252 e. The van der Waals surface area contributed by atoms with Gasteiger partial charge in [-0.2, -0.15) is 0 Å². The lowest BCUT2D eigenvalue weighted by molar-refractivity contribution is -0.123. The van der Waals surface area contributed by atoms with E-state index in [4.69, 9.17) is 4.98 Å². The van der Waals surface area contributed by atoms with Gasteiger partial charge in [0.15, 0.2) is 0 Å². The minimum atomic E-state index is -0.997. The SMILES string of the molecule is CN1C(=O)C(C)(CNC(=O)c2cccnc2)c2nc3ccccc3c3cccc1c23. The average Bonchev–Trinajstić information content (AvgIpc) is 2.80. The standard InChI is InChI=1S/C24H20N4O2/c1-24(14-26-22(29)15-7-6-12-25-13-15)21-20-17(16-8-3-4-10-18(16)27-21)9-5-11-19(20)28(2)23(24)30/h3-13H,14H2,1-2H3,(H,26,29). The highest BCUT2D eigenvalue weighted by molar-refractivity contribution is 6.19. The van der Waals surface area contributed by atoms with Crippen LogP contribution < -0.4 is 10.2 Å². The van der Waals surface area contributed by atoms with Gasteiger partial charge < -0.3 is 10.2 Å². The number of fused-ring (bicyclic) bond motifs is 2. The summed E-state index contributed by atoms with van der Waals surface area (Å²) in [4.78, 5) is 36.7. The van der Waals surface area contributed by atoms with Gasteiger partial charge in [0.2, 0.25) is 5.91 Å². The normalized spacial score (nSPS) is 18.1. The zero-order valence-corrected chi connectivity index (χ0v) is 16.7. The third-order valence-electron chi connectivity index (χ3n) is 5.89. The van der Waals surface area contributed by atoms with E-state index < -0.39 is 5.41 Å². The molecule has 0 spiro atoms. The summed E-state index contributed by atoms with van der Waals surface area (Å²) in [5.74, 6) is -0.368. The Kier molecular flexibility index (Phi) is 4.03. The van der Waals surface area contributed by atoms with Gasteiger partial charge >= 0.3 is 0 Å². The molecule has 0 fully saturated rings. The second kappa shape index (κ2) is 6.62. The molecular formula is C24H20N4O2. The number of para-hydroxylation sites is 1. The number of anilines is 1. The third-order valence-corrected chi connectivity index (χ3v) is 5.89. The van der Waals surface area contributed by atoms with Gasteiger partial charge in [-0.25, -0.2) is 0 Å². The minimum absolute atomic E-state index is 0.100. The first kappa shape index (κ1) is 18.2. The highest BCUT2D eigenvalue weighted by Crippen LogP contribution is 2.43. The van der Waals surface area contributed by atoms with Crippen LogP contribution in [0.25, 0.3) is 21.7 Å². The van der Waals surface area contributed by atoms with Gasteiger partial charge in [-0.1, -0.05) is 30.3 Å². The minimum Gasteiger partial charge on any atom is -0.351 e. The molecular weight excluding hydrogens is 376 g/mol. The number of pyridine rings is 2. The maximum atomic E-state index is 13.5. The lowest BCUT2D eigenvalue weighted by Gasteiger charge is -2.38. The van der Waals surface area contributed by atoms with E-state index in [1.807, 2.05) is 43.3 Å². The van der Waals surface area contributed by atoms with E-state index in [0.29, 0.717) is 11.3 Å². The van der Waals surface area contributed by atoms with Crippen LogP contribution >= 0.6 is 0 Å². The Labute approximate surface area is 173 Å². The van der Waals surface area contributed by atoms with Crippen molar-refractivity contribution < 1.29 is 9.59 Å². The zero-order valence-electron chi connectivity index (χ0n) is 16.7. The lowest BCUT2D eigenvalue weighted by atomic mass is 9.78. The first-order valence-electron chi connectivity index (χ1n) is 9.79. The van der Waals surface area contributed by atoms with Crippen molar-refractivity contribution in [1.29, 1.82) is 0 Å². The molecule has 1 atom stereocenters. The molecule has 2 aromatic carbocycles. The molecule has 1 aliphatic rings. The molecule has 0 radical (unpaired) electrons. The fraction of sp³-hybridized carbons (Fsp3) is 0.167. The van der Waals surface area contributed by atoms with Crippen molar-refractivity contribution in [3.05, 3.63) is 78.2 Å². The molecule has 2 amide bonds. The number of carbonyl (C=O) groups excluding carboxylic acids is 2. The number of nitrogens with zero attached hydrogens (tertiary/aromatic N) is 3. The fourth-order valence-corrected chi connectivity index (χ4v) is 4.26. The Morgan fingerprint density at radius 3 is 2.67 bits per heavy atom. The second-order valence-electron chi connectivity index (χ2n) is 7.80. The molecule has 5 rings (SSSR count). The molecule has 0 aliphatic carbocycles. The van der Waals surface area contributed by atoms with Crippen LogP contribution in [0.1, 0.15) is 23.0 Å². The first-order chi connectivity index (χ1) is 14.5. The van der Waals surface area contributed by atoms with Crippen LogP contribution in [0.3, 0.4) is 0 Å². The van der Waals surface area contributed by atoms with Crippen LogP contribution in [0.5, 0.6) is 0 Å². The molecule has 2 aromatic heterocycles. The number of likely N-dealkylation sites (N-methyl/N-ethyl adjacent to an activating group) is 1. The van der Waals surface area contributed by atoms with Crippen LogP contribution in [0.2, 0.25) is 0 Å². The molecule has 30 heavy (non-hydrogen) atoms. The van der Waals surface area contributed by atoms with Crippen LogP contribution in [0.4, 0.5) is 5.69 Å². The summed E-state index contributed by atoms with van der Waals surface area (Å²) in [5.41, 5.74) is 1.82. The lowest BCUT2D eigenvalue weighted by Crippen LogP contribution is -2.53. The first-order valence-corrected chi connectivity index (χ1v) is 9.79. The Bertz CT molecular complexity index is 1320. The van der Waals surface area contributed by atoms with E-state index in [2.05, 4.69) is 16.4 Å². The van der Waals surface area contributed by atoms with Gasteiger partial charge in [0.1, 0.15) is 5.41 Å². The molecule has 0 bridgehead atoms. The number of benzene rings is 2. The number of nitrogens with one attached hydrogen (secondary N) is 1. The van der Waals surface area contributed by atoms with E-state index in [1.54, 1.807) is 30.3 Å². The predicted octanol–water partition coefficient (Wildman–Crippen LogP) is 3.45. The van der Waals surface area contributed by atoms with E-state index in [1.165, 1.54) is 6.20 Å². The van der Waals surface area contributed by atoms with Crippen LogP contribution in [-0.2, 0) is 10.2 Å². The largest absolute Gasteiger partial charge is 0.351 e. The number of rotatable bonds is 3. The number of hydrogen-bond acceptors (Lipinski definition) is 4. The molecule has 1 N–H and O–H groups in total. The zero-order chi connectivity index (χ0) is 20.9. The van der Waals surface area contributed by atoms with E-state index in [9.17, 15) is 9.59 Å². The maximum absolute atomic E-state index is 13.5. The molecule has 6 nitrogen and oxygen atoms in total. The Morgan fingerprint density at radius 1 is 1.07 bits per heavy atom. The maximum Gasteiger partial charge on any atom is 0.252 e. The Hall–Kier alpha value is -3.80. The van der Waals surface area contributed by atoms with Gasteiger partial charge in [-0.05, 0) is 36.6 Å². The van der Waals surface area contributed by atoms with Gasteiger partial charge in [0, 0.05) is 36.8 Å². The molecule has 0 saturated carbocycles. The van der Waals surface area contributed by atoms with Crippen molar-refractivity contribution in [2.75, 3.05) is 18.5 Å². The summed E-state index contributed by atoms with van der Waals surface area (Å²) >= 11 is 0. The van der Waals surface area contributed by atoms with Crippen molar-refractivity contribution in [1.82, 2.24) is 15.3 Å². The van der Waals surface area contributed by atoms with E-state index in [-0.39, 0.29) is 18.4 Å². The van der Waals surface area contributed by atoms with Gasteiger partial charge in [0.25, 0.3) is 5.91 Å². The second-order valence-corrected chi connectivity index (χ2v) is 7.80. The van der Waals surface area contributed by atoms with E-state index >= 15 is 0 Å². The third kappa shape index (κ3) is 2.57. The average molecular weight is 396 g/mol. The van der Waals surface area contributed by atoms with Crippen molar-refractivity contribution in [3.8, 4) is 0 Å². The fourth-order valence-electron chi connectivity index (χ4n) is 4.26. The predicted molar refractivity (Wildman–Crippen MR) is 117 cm³/mol. The topological polar surface area (TPSA) is 75.2 Å². The number of hydrogen-bond donors (Lipinski definition) is 1. The quantitative estimate of drug-likeness (QED) is 0.538. The summed E-state index contributed by atoms with van der Waals surface area (Å²) in [6, 6.07) is 17.3. The van der Waals surface area contributed by atoms with Crippen LogP contribution in [-0.4, -0.2) is 35.4 Å². The monoisotopic (exact) mass is 396 g/mol. The Balaban J connectivity index is 1.67. The van der Waals surface area contributed by atoms with Crippen molar-refractivity contribution >= 4 is 39.2 Å². The number of carbonyl (C=O) groups is 2. The molecule has 3 heterocycles. The van der Waals surface area contributed by atoms with Gasteiger partial charge in [-0.3, -0.25) is 19.6 Å². The van der Waals surface area contributed by atoms with E-state index in [0.717, 1.165) is 27.4 Å². The van der Waals surface area contributed by atoms with Gasteiger partial charge in [0.05, 0.1) is 22.5 Å². The molecule has 4 aromatic rings. The number of amides is 2. The van der Waals surface area contributed by atoms with Gasteiger partial charge in [-0.15, -0.1) is 0 Å².